The zero-order chi connectivity index (χ0) is 16.1. The molecule has 2 heterocycles. The van der Waals surface area contributed by atoms with E-state index in [4.69, 9.17) is 4.74 Å². The summed E-state index contributed by atoms with van der Waals surface area (Å²) in [6.45, 7) is 2.91. The highest BCUT2D eigenvalue weighted by Crippen LogP contribution is 2.23. The molecule has 1 N–H and O–H groups in total. The molecule has 0 saturated heterocycles. The number of rotatable bonds is 6. The van der Waals surface area contributed by atoms with Gasteiger partial charge in [-0.05, 0) is 6.92 Å². The quantitative estimate of drug-likeness (QED) is 0.750. The third-order valence-electron chi connectivity index (χ3n) is 3.08. The molecule has 0 saturated carbocycles. The van der Waals surface area contributed by atoms with Crippen LogP contribution in [0.25, 0.3) is 10.6 Å². The second-order valence-corrected chi connectivity index (χ2v) is 6.03. The topological polar surface area (TPSA) is 72.8 Å². The average molecular weight is 327 g/mol. The van der Waals surface area contributed by atoms with Gasteiger partial charge >= 0.3 is 0 Å². The van der Waals surface area contributed by atoms with E-state index in [0.717, 1.165) is 27.1 Å². The third-order valence-corrected chi connectivity index (χ3v) is 4.05. The number of benzene rings is 1. The van der Waals surface area contributed by atoms with Gasteiger partial charge in [-0.3, -0.25) is 0 Å². The fourth-order valence-corrected chi connectivity index (χ4v) is 2.89. The molecule has 0 unspecified atom stereocenters. The Kier molecular flexibility index (Phi) is 4.89. The fourth-order valence-electron chi connectivity index (χ4n) is 2.10. The van der Waals surface area contributed by atoms with Crippen LogP contribution in [0.15, 0.2) is 36.4 Å². The maximum atomic E-state index is 5.08. The van der Waals surface area contributed by atoms with Crippen molar-refractivity contribution in [3.63, 3.8) is 0 Å². The molecular formula is C16H17N5OS. The summed E-state index contributed by atoms with van der Waals surface area (Å²) in [5.41, 5.74) is 1.98. The van der Waals surface area contributed by atoms with Crippen LogP contribution in [0.4, 0.5) is 5.82 Å². The van der Waals surface area contributed by atoms with Crippen LogP contribution in [-0.2, 0) is 17.9 Å². The van der Waals surface area contributed by atoms with Gasteiger partial charge in [0.25, 0.3) is 0 Å². The van der Waals surface area contributed by atoms with Gasteiger partial charge < -0.3 is 10.1 Å². The molecule has 1 aromatic carbocycles. The van der Waals surface area contributed by atoms with Crippen molar-refractivity contribution in [3.05, 3.63) is 52.9 Å². The van der Waals surface area contributed by atoms with Crippen molar-refractivity contribution in [1.82, 2.24) is 20.2 Å². The van der Waals surface area contributed by atoms with E-state index in [0.29, 0.717) is 19.0 Å². The summed E-state index contributed by atoms with van der Waals surface area (Å²) in [5, 5.41) is 13.6. The Morgan fingerprint density at radius 1 is 1.13 bits per heavy atom. The highest BCUT2D eigenvalue weighted by atomic mass is 32.1. The Balaban J connectivity index is 1.68. The SMILES string of the molecule is COCc1nc(C)cc(NCc2nnc(-c3ccccc3)s2)n1. The van der Waals surface area contributed by atoms with Crippen LogP contribution in [0.1, 0.15) is 16.5 Å². The maximum Gasteiger partial charge on any atom is 0.156 e. The number of aryl methyl sites for hydroxylation is 1. The Morgan fingerprint density at radius 3 is 2.74 bits per heavy atom. The third kappa shape index (κ3) is 4.08. The van der Waals surface area contributed by atoms with E-state index in [2.05, 4.69) is 25.5 Å². The highest BCUT2D eigenvalue weighted by molar-refractivity contribution is 7.14. The molecule has 0 bridgehead atoms. The fraction of sp³-hybridized carbons (Fsp3) is 0.250. The summed E-state index contributed by atoms with van der Waals surface area (Å²) < 4.78 is 5.08. The van der Waals surface area contributed by atoms with Crippen molar-refractivity contribution in [2.24, 2.45) is 0 Å². The van der Waals surface area contributed by atoms with Gasteiger partial charge in [-0.25, -0.2) is 9.97 Å². The van der Waals surface area contributed by atoms with Gasteiger partial charge in [0.05, 0.1) is 6.54 Å². The molecule has 0 fully saturated rings. The standard InChI is InChI=1S/C16H17N5OS/c1-11-8-13(19-14(18-11)10-22-2)17-9-15-20-21-16(23-15)12-6-4-3-5-7-12/h3-8H,9-10H2,1-2H3,(H,17,18,19). The second kappa shape index (κ2) is 7.26. The Bertz CT molecular complexity index is 775. The van der Waals surface area contributed by atoms with E-state index >= 15 is 0 Å². The van der Waals surface area contributed by atoms with Gasteiger partial charge in [-0.2, -0.15) is 0 Å². The zero-order valence-corrected chi connectivity index (χ0v) is 13.8. The molecule has 0 atom stereocenters. The lowest BCUT2D eigenvalue weighted by molar-refractivity contribution is 0.177. The van der Waals surface area contributed by atoms with Crippen molar-refractivity contribution in [1.29, 1.82) is 0 Å². The summed E-state index contributed by atoms with van der Waals surface area (Å²) in [5.74, 6) is 1.43. The molecule has 0 radical (unpaired) electrons. The summed E-state index contributed by atoms with van der Waals surface area (Å²) in [4.78, 5) is 8.73. The number of methoxy groups -OCH3 is 1. The predicted molar refractivity (Wildman–Crippen MR) is 90.2 cm³/mol. The Morgan fingerprint density at radius 2 is 1.96 bits per heavy atom. The summed E-state index contributed by atoms with van der Waals surface area (Å²) in [6.07, 6.45) is 0. The van der Waals surface area contributed by atoms with Crippen molar-refractivity contribution in [2.75, 3.05) is 12.4 Å². The van der Waals surface area contributed by atoms with Crippen LogP contribution >= 0.6 is 11.3 Å². The van der Waals surface area contributed by atoms with Crippen LogP contribution in [0.3, 0.4) is 0 Å². The van der Waals surface area contributed by atoms with E-state index in [1.54, 1.807) is 18.4 Å². The van der Waals surface area contributed by atoms with Crippen molar-refractivity contribution >= 4 is 17.2 Å². The molecular weight excluding hydrogens is 310 g/mol. The molecule has 0 spiro atoms. The van der Waals surface area contributed by atoms with Gasteiger partial charge in [-0.15, -0.1) is 10.2 Å². The van der Waals surface area contributed by atoms with Crippen LogP contribution in [0.2, 0.25) is 0 Å². The molecule has 23 heavy (non-hydrogen) atoms. The monoisotopic (exact) mass is 327 g/mol. The number of nitrogens with zero attached hydrogens (tertiary/aromatic N) is 4. The zero-order valence-electron chi connectivity index (χ0n) is 13.0. The number of ether oxygens (including phenoxy) is 1. The minimum Gasteiger partial charge on any atom is -0.377 e. The number of anilines is 1. The minimum atomic E-state index is 0.396. The average Bonchev–Trinajstić information content (AvgIpc) is 3.03. The van der Waals surface area contributed by atoms with Crippen LogP contribution in [0.5, 0.6) is 0 Å². The first kappa shape index (κ1) is 15.5. The Labute approximate surface area is 138 Å². The first-order chi connectivity index (χ1) is 11.2. The molecule has 7 heteroatoms. The molecule has 0 aliphatic heterocycles. The molecule has 3 aromatic rings. The lowest BCUT2D eigenvalue weighted by atomic mass is 10.2. The lowest BCUT2D eigenvalue weighted by Gasteiger charge is -2.06. The number of aromatic nitrogens is 4. The molecule has 0 amide bonds. The maximum absolute atomic E-state index is 5.08. The van der Waals surface area contributed by atoms with E-state index < -0.39 is 0 Å². The summed E-state index contributed by atoms with van der Waals surface area (Å²) >= 11 is 1.57. The molecule has 2 aromatic heterocycles. The number of nitrogens with one attached hydrogen (secondary N) is 1. The second-order valence-electron chi connectivity index (χ2n) is 4.96. The van der Waals surface area contributed by atoms with Crippen LogP contribution in [0, 0.1) is 6.92 Å². The smallest absolute Gasteiger partial charge is 0.156 e. The molecule has 6 nitrogen and oxygen atoms in total. The van der Waals surface area contributed by atoms with Gasteiger partial charge in [0.15, 0.2) is 5.82 Å². The van der Waals surface area contributed by atoms with Gasteiger partial charge in [0, 0.05) is 24.4 Å². The van der Waals surface area contributed by atoms with E-state index in [1.165, 1.54) is 0 Å². The van der Waals surface area contributed by atoms with Crippen molar-refractivity contribution in [2.45, 2.75) is 20.1 Å². The van der Waals surface area contributed by atoms with E-state index in [1.807, 2.05) is 43.3 Å². The van der Waals surface area contributed by atoms with Gasteiger partial charge in [0.1, 0.15) is 22.4 Å². The van der Waals surface area contributed by atoms with Crippen LogP contribution < -0.4 is 5.32 Å². The minimum absolute atomic E-state index is 0.396. The normalized spacial score (nSPS) is 10.7. The summed E-state index contributed by atoms with van der Waals surface area (Å²) in [7, 11) is 1.63. The van der Waals surface area contributed by atoms with E-state index in [-0.39, 0.29) is 0 Å². The number of hydrogen-bond donors (Lipinski definition) is 1. The van der Waals surface area contributed by atoms with Crippen molar-refractivity contribution in [3.8, 4) is 10.6 Å². The summed E-state index contributed by atoms with van der Waals surface area (Å²) in [6, 6.07) is 11.9. The van der Waals surface area contributed by atoms with E-state index in [9.17, 15) is 0 Å². The molecule has 3 rings (SSSR count). The van der Waals surface area contributed by atoms with Crippen molar-refractivity contribution < 1.29 is 4.74 Å². The van der Waals surface area contributed by atoms with Gasteiger partial charge in [-0.1, -0.05) is 41.7 Å². The predicted octanol–water partition coefficient (Wildman–Crippen LogP) is 3.06. The lowest BCUT2D eigenvalue weighted by Crippen LogP contribution is -2.06. The first-order valence-corrected chi connectivity index (χ1v) is 8.01. The van der Waals surface area contributed by atoms with Crippen LogP contribution in [-0.4, -0.2) is 27.3 Å². The first-order valence-electron chi connectivity index (χ1n) is 7.20. The van der Waals surface area contributed by atoms with Gasteiger partial charge in [0.2, 0.25) is 0 Å². The molecule has 118 valence electrons. The highest BCUT2D eigenvalue weighted by Gasteiger charge is 2.07. The number of hydrogen-bond acceptors (Lipinski definition) is 7. The molecule has 0 aliphatic rings. The Hall–Kier alpha value is -2.38. The molecule has 0 aliphatic carbocycles. The largest absolute Gasteiger partial charge is 0.377 e.